The van der Waals surface area contributed by atoms with E-state index in [1.165, 1.54) is 6.07 Å². The van der Waals surface area contributed by atoms with Gasteiger partial charge in [-0.15, -0.1) is 0 Å². The number of nitrogen functional groups attached to an aromatic ring is 1. The summed E-state index contributed by atoms with van der Waals surface area (Å²) < 4.78 is 19.8. The lowest BCUT2D eigenvalue weighted by Gasteiger charge is -2.27. The van der Waals surface area contributed by atoms with Crippen LogP contribution < -0.4 is 10.6 Å². The predicted molar refractivity (Wildman–Crippen MR) is 80.4 cm³/mol. The van der Waals surface area contributed by atoms with Gasteiger partial charge in [-0.25, -0.2) is 4.39 Å². The van der Waals surface area contributed by atoms with Crippen LogP contribution >= 0.6 is 22.6 Å². The van der Waals surface area contributed by atoms with Gasteiger partial charge in [0.05, 0.1) is 21.0 Å². The summed E-state index contributed by atoms with van der Waals surface area (Å²) in [6.45, 7) is 4.45. The quantitative estimate of drug-likeness (QED) is 0.660. The maximum Gasteiger partial charge on any atom is 0.138 e. The third-order valence-electron chi connectivity index (χ3n) is 3.24. The molecule has 1 unspecified atom stereocenters. The van der Waals surface area contributed by atoms with Crippen LogP contribution in [0.2, 0.25) is 0 Å². The maximum absolute atomic E-state index is 13.6. The molecule has 100 valence electrons. The zero-order chi connectivity index (χ0) is 13.1. The molecule has 2 rings (SSSR count). The van der Waals surface area contributed by atoms with Gasteiger partial charge in [0.25, 0.3) is 0 Å². The molecular weight excluding hydrogens is 346 g/mol. The fourth-order valence-corrected chi connectivity index (χ4v) is 2.75. The Morgan fingerprint density at radius 1 is 1.56 bits per heavy atom. The Labute approximate surface area is 121 Å². The predicted octanol–water partition coefficient (Wildman–Crippen LogP) is 3.02. The van der Waals surface area contributed by atoms with Gasteiger partial charge in [-0.05, 0) is 48.4 Å². The van der Waals surface area contributed by atoms with E-state index in [0.717, 1.165) is 38.2 Å². The molecule has 1 aliphatic heterocycles. The SMILES string of the molecule is CCN(CC1CCCO1)c1cc(F)c(I)cc1N. The molecule has 2 N–H and O–H groups in total. The van der Waals surface area contributed by atoms with E-state index in [1.807, 2.05) is 29.5 Å². The van der Waals surface area contributed by atoms with Gasteiger partial charge in [0.1, 0.15) is 5.82 Å². The Morgan fingerprint density at radius 3 is 2.94 bits per heavy atom. The van der Waals surface area contributed by atoms with E-state index in [0.29, 0.717) is 9.26 Å². The molecule has 0 radical (unpaired) electrons. The summed E-state index contributed by atoms with van der Waals surface area (Å²) in [6, 6.07) is 3.21. The van der Waals surface area contributed by atoms with Crippen molar-refractivity contribution in [2.75, 3.05) is 30.3 Å². The second-order valence-corrected chi connectivity index (χ2v) is 5.66. The molecule has 1 atom stereocenters. The number of benzene rings is 1. The number of nitrogens with zero attached hydrogens (tertiary/aromatic N) is 1. The van der Waals surface area contributed by atoms with Crippen molar-refractivity contribution in [2.45, 2.75) is 25.9 Å². The van der Waals surface area contributed by atoms with Crippen LogP contribution in [0.1, 0.15) is 19.8 Å². The van der Waals surface area contributed by atoms with Gasteiger partial charge in [0, 0.05) is 25.8 Å². The minimum Gasteiger partial charge on any atom is -0.397 e. The van der Waals surface area contributed by atoms with E-state index in [2.05, 4.69) is 4.90 Å². The summed E-state index contributed by atoms with van der Waals surface area (Å²) in [4.78, 5) is 2.09. The van der Waals surface area contributed by atoms with Gasteiger partial charge in [0.15, 0.2) is 0 Å². The molecule has 1 aliphatic rings. The van der Waals surface area contributed by atoms with Crippen LogP contribution in [0.15, 0.2) is 12.1 Å². The summed E-state index contributed by atoms with van der Waals surface area (Å²) in [7, 11) is 0. The van der Waals surface area contributed by atoms with Gasteiger partial charge < -0.3 is 15.4 Å². The number of rotatable bonds is 4. The average Bonchev–Trinajstić information content (AvgIpc) is 2.84. The van der Waals surface area contributed by atoms with Crippen molar-refractivity contribution in [3.63, 3.8) is 0 Å². The molecule has 0 spiro atoms. The minimum atomic E-state index is -0.217. The molecule has 1 saturated heterocycles. The molecule has 1 aromatic rings. The lowest BCUT2D eigenvalue weighted by atomic mass is 10.2. The molecule has 0 aliphatic carbocycles. The third-order valence-corrected chi connectivity index (χ3v) is 4.07. The zero-order valence-corrected chi connectivity index (χ0v) is 12.6. The maximum atomic E-state index is 13.6. The first-order chi connectivity index (χ1) is 8.61. The highest BCUT2D eigenvalue weighted by atomic mass is 127. The molecule has 0 amide bonds. The van der Waals surface area contributed by atoms with E-state index in [9.17, 15) is 4.39 Å². The van der Waals surface area contributed by atoms with Gasteiger partial charge >= 0.3 is 0 Å². The lowest BCUT2D eigenvalue weighted by Crippen LogP contribution is -2.32. The summed E-state index contributed by atoms with van der Waals surface area (Å²) >= 11 is 1.95. The first-order valence-electron chi connectivity index (χ1n) is 6.23. The fraction of sp³-hybridized carbons (Fsp3) is 0.538. The standard InChI is InChI=1S/C13H18FIN2O/c1-2-17(8-9-4-3-5-18-9)13-6-10(14)11(15)7-12(13)16/h6-7,9H,2-5,8,16H2,1H3. The second-order valence-electron chi connectivity index (χ2n) is 4.50. The molecular formula is C13H18FIN2O. The molecule has 0 saturated carbocycles. The molecule has 0 aromatic heterocycles. The van der Waals surface area contributed by atoms with Crippen LogP contribution in [0.5, 0.6) is 0 Å². The Morgan fingerprint density at radius 2 is 2.33 bits per heavy atom. The number of likely N-dealkylation sites (N-methyl/N-ethyl adjacent to an activating group) is 1. The highest BCUT2D eigenvalue weighted by Gasteiger charge is 2.20. The summed E-state index contributed by atoms with van der Waals surface area (Å²) in [6.07, 6.45) is 2.42. The first-order valence-corrected chi connectivity index (χ1v) is 7.30. The van der Waals surface area contributed by atoms with Crippen molar-refractivity contribution in [1.82, 2.24) is 0 Å². The summed E-state index contributed by atoms with van der Waals surface area (Å²) in [5.74, 6) is -0.217. The Kier molecular flexibility index (Phi) is 4.66. The van der Waals surface area contributed by atoms with Crippen LogP contribution in [-0.4, -0.2) is 25.8 Å². The number of hydrogen-bond donors (Lipinski definition) is 1. The average molecular weight is 364 g/mol. The normalized spacial score (nSPS) is 19.2. The molecule has 5 heteroatoms. The van der Waals surface area contributed by atoms with Gasteiger partial charge in [-0.2, -0.15) is 0 Å². The van der Waals surface area contributed by atoms with E-state index >= 15 is 0 Å². The Hall–Kier alpha value is -0.560. The van der Waals surface area contributed by atoms with Crippen molar-refractivity contribution < 1.29 is 9.13 Å². The van der Waals surface area contributed by atoms with Crippen LogP contribution in [0, 0.1) is 9.39 Å². The van der Waals surface area contributed by atoms with Crippen molar-refractivity contribution in [2.24, 2.45) is 0 Å². The number of anilines is 2. The van der Waals surface area contributed by atoms with E-state index in [1.54, 1.807) is 6.07 Å². The van der Waals surface area contributed by atoms with Crippen LogP contribution in [0.3, 0.4) is 0 Å². The third kappa shape index (κ3) is 3.06. The van der Waals surface area contributed by atoms with E-state index < -0.39 is 0 Å². The summed E-state index contributed by atoms with van der Waals surface area (Å²) in [5, 5.41) is 0. The largest absolute Gasteiger partial charge is 0.397 e. The van der Waals surface area contributed by atoms with Crippen LogP contribution in [-0.2, 0) is 4.74 Å². The van der Waals surface area contributed by atoms with Gasteiger partial charge in [0.2, 0.25) is 0 Å². The second kappa shape index (κ2) is 6.06. The van der Waals surface area contributed by atoms with Crippen molar-refractivity contribution >= 4 is 34.0 Å². The molecule has 18 heavy (non-hydrogen) atoms. The lowest BCUT2D eigenvalue weighted by molar-refractivity contribution is 0.116. The Bertz CT molecular complexity index is 422. The Balaban J connectivity index is 2.18. The minimum absolute atomic E-state index is 0.217. The number of hydrogen-bond acceptors (Lipinski definition) is 3. The highest BCUT2D eigenvalue weighted by molar-refractivity contribution is 14.1. The zero-order valence-electron chi connectivity index (χ0n) is 10.5. The van der Waals surface area contributed by atoms with Crippen molar-refractivity contribution in [1.29, 1.82) is 0 Å². The monoisotopic (exact) mass is 364 g/mol. The van der Waals surface area contributed by atoms with Gasteiger partial charge in [-0.3, -0.25) is 0 Å². The van der Waals surface area contributed by atoms with Gasteiger partial charge in [-0.1, -0.05) is 0 Å². The van der Waals surface area contributed by atoms with Crippen LogP contribution in [0.25, 0.3) is 0 Å². The van der Waals surface area contributed by atoms with Crippen molar-refractivity contribution in [3.8, 4) is 0 Å². The van der Waals surface area contributed by atoms with E-state index in [-0.39, 0.29) is 11.9 Å². The molecule has 1 heterocycles. The number of nitrogens with two attached hydrogens (primary N) is 1. The van der Waals surface area contributed by atoms with Crippen LogP contribution in [0.4, 0.5) is 15.8 Å². The number of halogens is 2. The topological polar surface area (TPSA) is 38.5 Å². The molecule has 1 aromatic carbocycles. The number of ether oxygens (including phenoxy) is 1. The smallest absolute Gasteiger partial charge is 0.138 e. The molecule has 1 fully saturated rings. The summed E-state index contributed by atoms with van der Waals surface area (Å²) in [5.41, 5.74) is 7.38. The highest BCUT2D eigenvalue weighted by Crippen LogP contribution is 2.28. The fourth-order valence-electron chi connectivity index (χ4n) is 2.26. The van der Waals surface area contributed by atoms with Crippen molar-refractivity contribution in [3.05, 3.63) is 21.5 Å². The molecule has 3 nitrogen and oxygen atoms in total. The van der Waals surface area contributed by atoms with E-state index in [4.69, 9.17) is 10.5 Å². The first kappa shape index (κ1) is 13.9. The molecule has 0 bridgehead atoms.